The van der Waals surface area contributed by atoms with Crippen LogP contribution in [-0.2, 0) is 17.8 Å². The molecule has 0 radical (unpaired) electrons. The van der Waals surface area contributed by atoms with Crippen LogP contribution in [0.2, 0.25) is 0 Å². The smallest absolute Gasteiger partial charge is 0.228 e. The third-order valence-corrected chi connectivity index (χ3v) is 5.40. The van der Waals surface area contributed by atoms with Crippen molar-refractivity contribution < 1.29 is 9.53 Å². The Morgan fingerprint density at radius 1 is 1.12 bits per heavy atom. The van der Waals surface area contributed by atoms with Gasteiger partial charge in [0.1, 0.15) is 5.75 Å². The van der Waals surface area contributed by atoms with E-state index in [0.29, 0.717) is 0 Å². The highest BCUT2D eigenvalue weighted by Gasteiger charge is 2.26. The largest absolute Gasteiger partial charge is 0.497 e. The molecular formula is C22H26N2O2. The molecule has 4 heteroatoms. The minimum atomic E-state index is 0.0146. The van der Waals surface area contributed by atoms with E-state index < -0.39 is 0 Å². The molecule has 26 heavy (non-hydrogen) atoms. The van der Waals surface area contributed by atoms with Crippen molar-refractivity contribution in [2.45, 2.75) is 32.7 Å². The molecule has 0 bridgehead atoms. The normalized spacial score (nSPS) is 16.8. The second-order valence-electron chi connectivity index (χ2n) is 7.43. The summed E-state index contributed by atoms with van der Waals surface area (Å²) >= 11 is 0. The van der Waals surface area contributed by atoms with Gasteiger partial charge in [0.25, 0.3) is 0 Å². The summed E-state index contributed by atoms with van der Waals surface area (Å²) < 4.78 is 5.23. The summed E-state index contributed by atoms with van der Waals surface area (Å²) in [5.74, 6) is 1.71. The fourth-order valence-corrected chi connectivity index (χ4v) is 3.81. The van der Waals surface area contributed by atoms with Crippen LogP contribution < -0.4 is 9.64 Å². The van der Waals surface area contributed by atoms with Gasteiger partial charge in [-0.3, -0.25) is 14.6 Å². The number of hydrogen-bond donors (Lipinski definition) is 0. The summed E-state index contributed by atoms with van der Waals surface area (Å²) in [6, 6.07) is 14.1. The van der Waals surface area contributed by atoms with Crippen molar-refractivity contribution in [2.75, 3.05) is 25.1 Å². The Balaban J connectivity index is 1.61. The maximum atomic E-state index is 12.4. The van der Waals surface area contributed by atoms with E-state index in [0.717, 1.165) is 42.6 Å². The van der Waals surface area contributed by atoms with Gasteiger partial charge >= 0.3 is 0 Å². The summed E-state index contributed by atoms with van der Waals surface area (Å²) in [4.78, 5) is 16.7. The second kappa shape index (κ2) is 7.12. The standard InChI is InChI=1S/C22H26N2O2/c1-16(25)24(20-7-9-22(26-2)10-8-20)21-6-5-18-11-12-23(14-17-3-4-17)15-19(18)13-21/h5-10,13,17H,3-4,11-12,14-15H2,1-2H3. The van der Waals surface area contributed by atoms with Crippen molar-refractivity contribution in [3.8, 4) is 5.75 Å². The fourth-order valence-electron chi connectivity index (χ4n) is 3.81. The molecule has 4 rings (SSSR count). The lowest BCUT2D eigenvalue weighted by atomic mass is 9.98. The molecule has 0 aromatic heterocycles. The molecular weight excluding hydrogens is 324 g/mol. The number of nitrogens with zero attached hydrogens (tertiary/aromatic N) is 2. The van der Waals surface area contributed by atoms with E-state index in [1.165, 1.54) is 30.5 Å². The number of rotatable bonds is 5. The number of hydrogen-bond acceptors (Lipinski definition) is 3. The van der Waals surface area contributed by atoms with Gasteiger partial charge in [-0.25, -0.2) is 0 Å². The Morgan fingerprint density at radius 3 is 2.50 bits per heavy atom. The Hall–Kier alpha value is -2.33. The van der Waals surface area contributed by atoms with Gasteiger partial charge in [0.05, 0.1) is 7.11 Å². The molecule has 0 N–H and O–H groups in total. The highest BCUT2D eigenvalue weighted by molar-refractivity contribution is 5.99. The predicted octanol–water partition coefficient (Wildman–Crippen LogP) is 4.15. The molecule has 2 aliphatic rings. The number of ether oxygens (including phenoxy) is 1. The number of carbonyl (C=O) groups excluding carboxylic acids is 1. The topological polar surface area (TPSA) is 32.8 Å². The first kappa shape index (κ1) is 17.1. The zero-order chi connectivity index (χ0) is 18.1. The van der Waals surface area contributed by atoms with Crippen molar-refractivity contribution in [3.63, 3.8) is 0 Å². The minimum absolute atomic E-state index is 0.0146. The van der Waals surface area contributed by atoms with Gasteiger partial charge in [-0.05, 0) is 72.7 Å². The third kappa shape index (κ3) is 3.61. The molecule has 0 atom stereocenters. The summed E-state index contributed by atoms with van der Waals surface area (Å²) in [5, 5.41) is 0. The maximum absolute atomic E-state index is 12.4. The number of carbonyl (C=O) groups is 1. The Kier molecular flexibility index (Phi) is 4.68. The lowest BCUT2D eigenvalue weighted by molar-refractivity contribution is -0.115. The van der Waals surface area contributed by atoms with Gasteiger partial charge in [-0.1, -0.05) is 6.07 Å². The number of anilines is 2. The van der Waals surface area contributed by atoms with Crippen LogP contribution >= 0.6 is 0 Å². The zero-order valence-electron chi connectivity index (χ0n) is 15.6. The van der Waals surface area contributed by atoms with Crippen LogP contribution in [0.15, 0.2) is 42.5 Å². The number of fused-ring (bicyclic) bond motifs is 1. The third-order valence-electron chi connectivity index (χ3n) is 5.40. The molecule has 1 aliphatic heterocycles. The monoisotopic (exact) mass is 350 g/mol. The van der Waals surface area contributed by atoms with Crippen molar-refractivity contribution in [3.05, 3.63) is 53.6 Å². The summed E-state index contributed by atoms with van der Waals surface area (Å²) in [5.41, 5.74) is 4.58. The van der Waals surface area contributed by atoms with E-state index in [1.807, 2.05) is 24.3 Å². The highest BCUT2D eigenvalue weighted by atomic mass is 16.5. The van der Waals surface area contributed by atoms with Crippen LogP contribution in [0, 0.1) is 5.92 Å². The van der Waals surface area contributed by atoms with Crippen molar-refractivity contribution in [1.29, 1.82) is 0 Å². The fraction of sp³-hybridized carbons (Fsp3) is 0.409. The molecule has 136 valence electrons. The summed E-state index contributed by atoms with van der Waals surface area (Å²) in [7, 11) is 1.65. The van der Waals surface area contributed by atoms with E-state index in [1.54, 1.807) is 18.9 Å². The van der Waals surface area contributed by atoms with E-state index in [2.05, 4.69) is 23.1 Å². The minimum Gasteiger partial charge on any atom is -0.497 e. The molecule has 1 fully saturated rings. The summed E-state index contributed by atoms with van der Waals surface area (Å²) in [6.45, 7) is 4.98. The highest BCUT2D eigenvalue weighted by Crippen LogP contribution is 2.33. The lowest BCUT2D eigenvalue weighted by Gasteiger charge is -2.30. The van der Waals surface area contributed by atoms with Crippen LogP contribution in [0.25, 0.3) is 0 Å². The Labute approximate surface area is 155 Å². The van der Waals surface area contributed by atoms with Crippen LogP contribution in [0.1, 0.15) is 30.9 Å². The van der Waals surface area contributed by atoms with Crippen LogP contribution in [0.3, 0.4) is 0 Å². The van der Waals surface area contributed by atoms with Crippen molar-refractivity contribution in [1.82, 2.24) is 4.90 Å². The molecule has 0 spiro atoms. The van der Waals surface area contributed by atoms with E-state index in [9.17, 15) is 4.79 Å². The first-order valence-corrected chi connectivity index (χ1v) is 9.43. The van der Waals surface area contributed by atoms with Gasteiger partial charge in [-0.2, -0.15) is 0 Å². The number of benzene rings is 2. The van der Waals surface area contributed by atoms with E-state index in [4.69, 9.17) is 4.74 Å². The first-order valence-electron chi connectivity index (χ1n) is 9.43. The van der Waals surface area contributed by atoms with Gasteiger partial charge in [0.15, 0.2) is 0 Å². The van der Waals surface area contributed by atoms with Crippen LogP contribution in [0.5, 0.6) is 5.75 Å². The summed E-state index contributed by atoms with van der Waals surface area (Å²) in [6.07, 6.45) is 3.88. The van der Waals surface area contributed by atoms with Gasteiger partial charge < -0.3 is 4.74 Å². The average molecular weight is 350 g/mol. The van der Waals surface area contributed by atoms with Gasteiger partial charge in [0, 0.05) is 37.9 Å². The van der Waals surface area contributed by atoms with Crippen LogP contribution in [-0.4, -0.2) is 31.0 Å². The molecule has 1 amide bonds. The second-order valence-corrected chi connectivity index (χ2v) is 7.43. The first-order chi connectivity index (χ1) is 12.6. The van der Waals surface area contributed by atoms with Crippen molar-refractivity contribution in [2.24, 2.45) is 5.92 Å². The SMILES string of the molecule is COc1ccc(N(C(C)=O)c2ccc3c(c2)CN(CC2CC2)CC3)cc1. The maximum Gasteiger partial charge on any atom is 0.228 e. The van der Waals surface area contributed by atoms with E-state index in [-0.39, 0.29) is 5.91 Å². The molecule has 0 saturated heterocycles. The molecule has 2 aromatic carbocycles. The number of amides is 1. The molecule has 0 unspecified atom stereocenters. The quantitative estimate of drug-likeness (QED) is 0.812. The van der Waals surface area contributed by atoms with Crippen LogP contribution in [0.4, 0.5) is 11.4 Å². The predicted molar refractivity (Wildman–Crippen MR) is 104 cm³/mol. The molecule has 1 saturated carbocycles. The molecule has 2 aromatic rings. The Morgan fingerprint density at radius 2 is 1.85 bits per heavy atom. The average Bonchev–Trinajstić information content (AvgIpc) is 3.46. The van der Waals surface area contributed by atoms with Gasteiger partial charge in [-0.15, -0.1) is 0 Å². The lowest BCUT2D eigenvalue weighted by Crippen LogP contribution is -2.32. The molecule has 1 aliphatic carbocycles. The van der Waals surface area contributed by atoms with Gasteiger partial charge in [0.2, 0.25) is 5.91 Å². The van der Waals surface area contributed by atoms with E-state index >= 15 is 0 Å². The van der Waals surface area contributed by atoms with Crippen molar-refractivity contribution >= 4 is 17.3 Å². The number of methoxy groups -OCH3 is 1. The molecule has 4 nitrogen and oxygen atoms in total. The zero-order valence-corrected chi connectivity index (χ0v) is 15.6. The molecule has 1 heterocycles. The Bertz CT molecular complexity index is 796.